The van der Waals surface area contributed by atoms with Crippen molar-refractivity contribution in [3.8, 4) is 17.1 Å². The SMILES string of the molecule is COCCn1c(-c2ccc(C(C)C)cc2)nc2c(I)c(Cc3ccccc3)cc(OC)c21. The minimum atomic E-state index is 0.498. The molecule has 32 heavy (non-hydrogen) atoms. The maximum absolute atomic E-state index is 5.88. The Labute approximate surface area is 203 Å². The fourth-order valence-corrected chi connectivity index (χ4v) is 4.76. The van der Waals surface area contributed by atoms with Crippen molar-refractivity contribution in [3.05, 3.63) is 80.9 Å². The quantitative estimate of drug-likeness (QED) is 0.234. The highest BCUT2D eigenvalue weighted by Crippen LogP contribution is 2.37. The molecular formula is C27H29IN2O2. The standard InChI is InChI=1S/C27H29IN2O2/c1-18(2)20-10-12-21(13-11-20)27-29-25-24(28)22(16-19-8-6-5-7-9-19)17-23(32-4)26(25)30(27)14-15-31-3/h5-13,17-18H,14-16H2,1-4H3. The number of rotatable bonds is 8. The largest absolute Gasteiger partial charge is 0.494 e. The first-order valence-corrected chi connectivity index (χ1v) is 12.0. The van der Waals surface area contributed by atoms with E-state index in [-0.39, 0.29) is 0 Å². The molecule has 4 nitrogen and oxygen atoms in total. The number of halogens is 1. The maximum Gasteiger partial charge on any atom is 0.145 e. The van der Waals surface area contributed by atoms with Gasteiger partial charge in [0.15, 0.2) is 0 Å². The number of methoxy groups -OCH3 is 2. The van der Waals surface area contributed by atoms with E-state index >= 15 is 0 Å². The molecule has 3 aromatic carbocycles. The van der Waals surface area contributed by atoms with Gasteiger partial charge in [-0.05, 0) is 57.7 Å². The average Bonchev–Trinajstić information content (AvgIpc) is 3.20. The molecule has 0 amide bonds. The molecule has 1 aromatic heterocycles. The van der Waals surface area contributed by atoms with Crippen molar-refractivity contribution >= 4 is 33.6 Å². The number of aromatic nitrogens is 2. The highest BCUT2D eigenvalue weighted by molar-refractivity contribution is 14.1. The molecule has 0 aliphatic carbocycles. The lowest BCUT2D eigenvalue weighted by Crippen LogP contribution is -2.07. The first-order chi connectivity index (χ1) is 15.5. The van der Waals surface area contributed by atoms with Gasteiger partial charge < -0.3 is 14.0 Å². The van der Waals surface area contributed by atoms with Crippen LogP contribution < -0.4 is 4.74 Å². The van der Waals surface area contributed by atoms with Crippen molar-refractivity contribution in [1.82, 2.24) is 9.55 Å². The summed E-state index contributed by atoms with van der Waals surface area (Å²) in [6, 6.07) is 21.4. The van der Waals surface area contributed by atoms with Crippen LogP contribution in [0.2, 0.25) is 0 Å². The van der Waals surface area contributed by atoms with E-state index in [1.165, 1.54) is 20.3 Å². The smallest absolute Gasteiger partial charge is 0.145 e. The van der Waals surface area contributed by atoms with Gasteiger partial charge in [-0.3, -0.25) is 0 Å². The van der Waals surface area contributed by atoms with Gasteiger partial charge in [0.2, 0.25) is 0 Å². The predicted molar refractivity (Wildman–Crippen MR) is 140 cm³/mol. The lowest BCUT2D eigenvalue weighted by molar-refractivity contribution is 0.188. The van der Waals surface area contributed by atoms with Crippen molar-refractivity contribution in [3.63, 3.8) is 0 Å². The molecule has 5 heteroatoms. The topological polar surface area (TPSA) is 36.3 Å². The van der Waals surface area contributed by atoms with Gasteiger partial charge in [-0.25, -0.2) is 4.98 Å². The van der Waals surface area contributed by atoms with Crippen molar-refractivity contribution in [2.24, 2.45) is 0 Å². The molecule has 0 saturated carbocycles. The van der Waals surface area contributed by atoms with Gasteiger partial charge in [-0.15, -0.1) is 0 Å². The van der Waals surface area contributed by atoms with E-state index in [0.29, 0.717) is 19.1 Å². The molecular weight excluding hydrogens is 511 g/mol. The summed E-state index contributed by atoms with van der Waals surface area (Å²) < 4.78 is 14.7. The predicted octanol–water partition coefficient (Wildman–Crippen LogP) is 6.68. The Balaban J connectivity index is 1.89. The molecule has 0 unspecified atom stereocenters. The first-order valence-electron chi connectivity index (χ1n) is 10.9. The second-order valence-corrected chi connectivity index (χ2v) is 9.35. The molecule has 0 radical (unpaired) electrons. The highest BCUT2D eigenvalue weighted by Gasteiger charge is 2.21. The number of hydrogen-bond acceptors (Lipinski definition) is 3. The molecule has 0 aliphatic heterocycles. The summed E-state index contributed by atoms with van der Waals surface area (Å²) in [5, 5.41) is 0. The third-order valence-corrected chi connectivity index (χ3v) is 7.01. The highest BCUT2D eigenvalue weighted by atomic mass is 127. The summed E-state index contributed by atoms with van der Waals surface area (Å²) in [4.78, 5) is 5.14. The Kier molecular flexibility index (Phi) is 7.16. The maximum atomic E-state index is 5.88. The van der Waals surface area contributed by atoms with Crippen LogP contribution in [-0.2, 0) is 17.7 Å². The molecule has 0 aliphatic rings. The van der Waals surface area contributed by atoms with Crippen LogP contribution in [-0.4, -0.2) is 30.4 Å². The number of benzene rings is 3. The fraction of sp³-hybridized carbons (Fsp3) is 0.296. The molecule has 0 spiro atoms. The van der Waals surface area contributed by atoms with E-state index in [1.54, 1.807) is 14.2 Å². The fourth-order valence-electron chi connectivity index (χ4n) is 4.04. The zero-order chi connectivity index (χ0) is 22.7. The van der Waals surface area contributed by atoms with Crippen molar-refractivity contribution in [2.75, 3.05) is 20.8 Å². The molecule has 4 aromatic rings. The second-order valence-electron chi connectivity index (χ2n) is 8.27. The summed E-state index contributed by atoms with van der Waals surface area (Å²) >= 11 is 2.44. The first kappa shape index (κ1) is 22.8. The number of nitrogens with zero attached hydrogens (tertiary/aromatic N) is 2. The normalized spacial score (nSPS) is 11.4. The van der Waals surface area contributed by atoms with Crippen LogP contribution in [0.4, 0.5) is 0 Å². The Hall–Kier alpha value is -2.38. The van der Waals surface area contributed by atoms with Gasteiger partial charge in [-0.2, -0.15) is 0 Å². The van der Waals surface area contributed by atoms with E-state index in [9.17, 15) is 0 Å². The van der Waals surface area contributed by atoms with Gasteiger partial charge in [0.1, 0.15) is 22.6 Å². The Morgan fingerprint density at radius 3 is 2.34 bits per heavy atom. The summed E-state index contributed by atoms with van der Waals surface area (Å²) in [6.07, 6.45) is 0.842. The summed E-state index contributed by atoms with van der Waals surface area (Å²) in [6.45, 7) is 5.74. The monoisotopic (exact) mass is 540 g/mol. The van der Waals surface area contributed by atoms with Crippen molar-refractivity contribution in [1.29, 1.82) is 0 Å². The lowest BCUT2D eigenvalue weighted by Gasteiger charge is -2.14. The van der Waals surface area contributed by atoms with Gasteiger partial charge in [0.05, 0.1) is 13.7 Å². The van der Waals surface area contributed by atoms with E-state index in [0.717, 1.165) is 34.6 Å². The number of imidazole rings is 1. The summed E-state index contributed by atoms with van der Waals surface area (Å²) in [7, 11) is 3.47. The van der Waals surface area contributed by atoms with Gasteiger partial charge >= 0.3 is 0 Å². The molecule has 0 saturated heterocycles. The van der Waals surface area contributed by atoms with E-state index in [4.69, 9.17) is 14.5 Å². The third kappa shape index (κ3) is 4.55. The third-order valence-electron chi connectivity index (χ3n) is 5.81. The van der Waals surface area contributed by atoms with Crippen molar-refractivity contribution < 1.29 is 9.47 Å². The minimum absolute atomic E-state index is 0.498. The number of hydrogen-bond donors (Lipinski definition) is 0. The van der Waals surface area contributed by atoms with E-state index in [1.807, 2.05) is 6.07 Å². The van der Waals surface area contributed by atoms with Crippen LogP contribution in [0.5, 0.6) is 5.75 Å². The lowest BCUT2D eigenvalue weighted by atomic mass is 10.0. The Morgan fingerprint density at radius 1 is 1.00 bits per heavy atom. The molecule has 166 valence electrons. The van der Waals surface area contributed by atoms with Gasteiger partial charge in [-0.1, -0.05) is 68.4 Å². The van der Waals surface area contributed by atoms with E-state index in [2.05, 4.69) is 95.6 Å². The van der Waals surface area contributed by atoms with E-state index < -0.39 is 0 Å². The van der Waals surface area contributed by atoms with Gasteiger partial charge in [0, 0.05) is 22.8 Å². The zero-order valence-corrected chi connectivity index (χ0v) is 21.2. The Bertz CT molecular complexity index is 1200. The van der Waals surface area contributed by atoms with Crippen molar-refractivity contribution in [2.45, 2.75) is 32.7 Å². The summed E-state index contributed by atoms with van der Waals surface area (Å²) in [5.74, 6) is 2.29. The molecule has 1 heterocycles. The van der Waals surface area contributed by atoms with Crippen LogP contribution in [0, 0.1) is 3.57 Å². The average molecular weight is 540 g/mol. The van der Waals surface area contributed by atoms with Crippen LogP contribution in [0.25, 0.3) is 22.4 Å². The molecule has 0 N–H and O–H groups in total. The summed E-state index contributed by atoms with van der Waals surface area (Å²) in [5.41, 5.74) is 6.92. The van der Waals surface area contributed by atoms with Crippen LogP contribution in [0.3, 0.4) is 0 Å². The number of ether oxygens (including phenoxy) is 2. The zero-order valence-electron chi connectivity index (χ0n) is 19.1. The van der Waals surface area contributed by atoms with Crippen LogP contribution in [0.15, 0.2) is 60.7 Å². The molecule has 4 rings (SSSR count). The molecule has 0 bridgehead atoms. The Morgan fingerprint density at radius 2 is 1.72 bits per heavy atom. The molecule has 0 atom stereocenters. The molecule has 0 fully saturated rings. The van der Waals surface area contributed by atoms with Crippen LogP contribution in [0.1, 0.15) is 36.5 Å². The second kappa shape index (κ2) is 10.0. The number of fused-ring (bicyclic) bond motifs is 1. The minimum Gasteiger partial charge on any atom is -0.494 e. The van der Waals surface area contributed by atoms with Crippen LogP contribution >= 0.6 is 22.6 Å². The van der Waals surface area contributed by atoms with Gasteiger partial charge in [0.25, 0.3) is 0 Å².